The Kier molecular flexibility index (Phi) is 12.1. The first-order valence-electron chi connectivity index (χ1n) is 14.0. The fraction of sp³-hybridized carbons (Fsp3) is 0.371. The van der Waals surface area contributed by atoms with Gasteiger partial charge in [-0.3, -0.25) is 0 Å². The van der Waals surface area contributed by atoms with E-state index in [-0.39, 0.29) is 5.04 Å². The van der Waals surface area contributed by atoms with Crippen LogP contribution in [0.4, 0.5) is 0 Å². The Morgan fingerprint density at radius 1 is 0.600 bits per heavy atom. The summed E-state index contributed by atoms with van der Waals surface area (Å²) < 4.78 is 26.7. The minimum absolute atomic E-state index is 0.0142. The van der Waals surface area contributed by atoms with Crippen molar-refractivity contribution in [3.63, 3.8) is 0 Å². The second-order valence-corrected chi connectivity index (χ2v) is 16.4. The molecule has 0 aliphatic heterocycles. The van der Waals surface area contributed by atoms with Gasteiger partial charge in [0, 0.05) is 0 Å². The third-order valence-electron chi connectivity index (χ3n) is 7.53. The molecule has 0 radical (unpaired) electrons. The molecule has 0 heterocycles. The molecule has 0 bridgehead atoms. The van der Waals surface area contributed by atoms with Crippen molar-refractivity contribution in [3.05, 3.63) is 133 Å². The van der Waals surface area contributed by atoms with Gasteiger partial charge < -0.3 is 18.6 Å². The van der Waals surface area contributed by atoms with Crippen LogP contribution in [0.1, 0.15) is 37.5 Å². The second kappa shape index (κ2) is 15.3. The molecule has 4 atom stereocenters. The van der Waals surface area contributed by atoms with Crippen LogP contribution in [-0.2, 0) is 38.5 Å². The lowest BCUT2D eigenvalue weighted by Crippen LogP contribution is -2.53. The van der Waals surface area contributed by atoms with E-state index in [9.17, 15) is 0 Å². The lowest BCUT2D eigenvalue weighted by atomic mass is 10.0. The van der Waals surface area contributed by atoms with Crippen molar-refractivity contribution in [2.45, 2.75) is 83.1 Å². The van der Waals surface area contributed by atoms with Gasteiger partial charge in [0.2, 0.25) is 0 Å². The molecule has 4 nitrogen and oxygen atoms in total. The molecule has 3 aromatic rings. The highest BCUT2D eigenvalue weighted by Gasteiger charge is 2.43. The molecule has 3 aromatic carbocycles. The Hall–Kier alpha value is -2.80. The SMILES string of the molecule is C=C[C@H](OCc1ccccc1)[C@@H](OCc1ccccc1)[C@H](OCc1ccccc1)[C@H](C=C)O[Si](C)(C)C(C)(C)C. The molecule has 0 amide bonds. The maximum atomic E-state index is 6.92. The fourth-order valence-electron chi connectivity index (χ4n) is 4.12. The van der Waals surface area contributed by atoms with Gasteiger partial charge in [-0.25, -0.2) is 0 Å². The summed E-state index contributed by atoms with van der Waals surface area (Å²) in [7, 11) is -2.18. The average Bonchev–Trinajstić information content (AvgIpc) is 2.95. The van der Waals surface area contributed by atoms with Gasteiger partial charge in [-0.15, -0.1) is 13.2 Å². The maximum Gasteiger partial charge on any atom is 0.193 e. The third-order valence-corrected chi connectivity index (χ3v) is 12.0. The molecule has 40 heavy (non-hydrogen) atoms. The van der Waals surface area contributed by atoms with Crippen molar-refractivity contribution in [3.8, 4) is 0 Å². The van der Waals surface area contributed by atoms with E-state index in [0.29, 0.717) is 19.8 Å². The first kappa shape index (κ1) is 31.7. The Bertz CT molecular complexity index is 1140. The summed E-state index contributed by atoms with van der Waals surface area (Å²) >= 11 is 0. The number of hydrogen-bond acceptors (Lipinski definition) is 4. The van der Waals surface area contributed by atoms with Crippen LogP contribution in [0, 0.1) is 0 Å². The molecule has 0 aliphatic carbocycles. The summed E-state index contributed by atoms with van der Waals surface area (Å²) in [4.78, 5) is 0. The van der Waals surface area contributed by atoms with Crippen molar-refractivity contribution >= 4 is 8.32 Å². The molecular formula is C35H46O4Si. The van der Waals surface area contributed by atoms with Crippen molar-refractivity contribution in [1.82, 2.24) is 0 Å². The molecule has 0 saturated heterocycles. The van der Waals surface area contributed by atoms with Crippen LogP contribution in [0.25, 0.3) is 0 Å². The molecule has 0 N–H and O–H groups in total. The number of rotatable bonds is 16. The summed E-state index contributed by atoms with van der Waals surface area (Å²) in [5.41, 5.74) is 3.22. The van der Waals surface area contributed by atoms with Gasteiger partial charge in [-0.05, 0) is 34.8 Å². The van der Waals surface area contributed by atoms with Crippen molar-refractivity contribution in [1.29, 1.82) is 0 Å². The second-order valence-electron chi connectivity index (χ2n) is 11.6. The molecule has 0 unspecified atom stereocenters. The molecular weight excluding hydrogens is 512 g/mol. The topological polar surface area (TPSA) is 36.9 Å². The summed E-state index contributed by atoms with van der Waals surface area (Å²) in [6.45, 7) is 20.7. The molecule has 0 aliphatic rings. The summed E-state index contributed by atoms with van der Waals surface area (Å²) in [6.07, 6.45) is 1.81. The number of ether oxygens (including phenoxy) is 3. The molecule has 5 heteroatoms. The smallest absolute Gasteiger partial charge is 0.193 e. The van der Waals surface area contributed by atoms with Crippen LogP contribution in [0.2, 0.25) is 18.1 Å². The molecule has 0 aromatic heterocycles. The summed E-state index contributed by atoms with van der Waals surface area (Å²) in [5.74, 6) is 0. The first-order chi connectivity index (χ1) is 19.1. The van der Waals surface area contributed by atoms with E-state index in [0.717, 1.165) is 16.7 Å². The highest BCUT2D eigenvalue weighted by Crippen LogP contribution is 2.38. The molecule has 0 fully saturated rings. The zero-order chi connectivity index (χ0) is 29.0. The standard InChI is InChI=1S/C35H46O4Si/c1-8-31(36-25-28-19-13-10-14-20-28)33(37-26-29-21-15-11-16-22-29)34(38-27-30-23-17-12-18-24-30)32(9-2)39-40(6,7)35(3,4)5/h8-24,31-34H,1-2,25-27H2,3-7H3/t31-,32-,33+,34+/m0/s1. The van der Waals surface area contributed by atoms with Crippen LogP contribution in [0.5, 0.6) is 0 Å². The Morgan fingerprint density at radius 3 is 1.30 bits per heavy atom. The average molecular weight is 559 g/mol. The Labute approximate surface area is 242 Å². The van der Waals surface area contributed by atoms with Gasteiger partial charge in [0.1, 0.15) is 18.3 Å². The molecule has 214 valence electrons. The van der Waals surface area contributed by atoms with Crippen molar-refractivity contribution < 1.29 is 18.6 Å². The van der Waals surface area contributed by atoms with Crippen LogP contribution in [0.3, 0.4) is 0 Å². The predicted octanol–water partition coefficient (Wildman–Crippen LogP) is 8.51. The van der Waals surface area contributed by atoms with E-state index < -0.39 is 32.7 Å². The van der Waals surface area contributed by atoms with Crippen LogP contribution in [-0.4, -0.2) is 32.7 Å². The third kappa shape index (κ3) is 9.39. The van der Waals surface area contributed by atoms with E-state index in [4.69, 9.17) is 18.6 Å². The lowest BCUT2D eigenvalue weighted by Gasteiger charge is -2.42. The van der Waals surface area contributed by atoms with Gasteiger partial charge in [-0.2, -0.15) is 0 Å². The van der Waals surface area contributed by atoms with Crippen molar-refractivity contribution in [2.24, 2.45) is 0 Å². The minimum atomic E-state index is -2.18. The Balaban J connectivity index is 1.96. The highest BCUT2D eigenvalue weighted by atomic mass is 28.4. The summed E-state index contributed by atoms with van der Waals surface area (Å²) in [6, 6.07) is 30.4. The predicted molar refractivity (Wildman–Crippen MR) is 168 cm³/mol. The van der Waals surface area contributed by atoms with E-state index in [1.54, 1.807) is 0 Å². The quantitative estimate of drug-likeness (QED) is 0.130. The largest absolute Gasteiger partial charge is 0.408 e. The number of hydrogen-bond donors (Lipinski definition) is 0. The summed E-state index contributed by atoms with van der Waals surface area (Å²) in [5, 5.41) is 0.0142. The first-order valence-corrected chi connectivity index (χ1v) is 16.9. The molecule has 3 rings (SSSR count). The van der Waals surface area contributed by atoms with Gasteiger partial charge in [0.05, 0.1) is 25.9 Å². The van der Waals surface area contributed by atoms with Crippen molar-refractivity contribution in [2.75, 3.05) is 0 Å². The normalized spacial score (nSPS) is 15.1. The van der Waals surface area contributed by atoms with E-state index in [1.807, 2.05) is 66.7 Å². The molecule has 0 saturated carbocycles. The maximum absolute atomic E-state index is 6.92. The Morgan fingerprint density at radius 2 is 0.950 bits per heavy atom. The molecule has 0 spiro atoms. The van der Waals surface area contributed by atoms with Gasteiger partial charge in [-0.1, -0.05) is 124 Å². The van der Waals surface area contributed by atoms with Gasteiger partial charge >= 0.3 is 0 Å². The fourth-order valence-corrected chi connectivity index (χ4v) is 5.38. The number of benzene rings is 3. The van der Waals surface area contributed by atoms with Crippen LogP contribution < -0.4 is 0 Å². The zero-order valence-corrected chi connectivity index (χ0v) is 25.8. The van der Waals surface area contributed by atoms with Crippen LogP contribution in [0.15, 0.2) is 116 Å². The van der Waals surface area contributed by atoms with Gasteiger partial charge in [0.15, 0.2) is 8.32 Å². The minimum Gasteiger partial charge on any atom is -0.408 e. The van der Waals surface area contributed by atoms with E-state index in [2.05, 4.69) is 83.4 Å². The van der Waals surface area contributed by atoms with E-state index >= 15 is 0 Å². The lowest BCUT2D eigenvalue weighted by molar-refractivity contribution is -0.159. The van der Waals surface area contributed by atoms with Crippen LogP contribution >= 0.6 is 0 Å². The van der Waals surface area contributed by atoms with Gasteiger partial charge in [0.25, 0.3) is 0 Å². The van der Waals surface area contributed by atoms with E-state index in [1.165, 1.54) is 0 Å². The highest BCUT2D eigenvalue weighted by molar-refractivity contribution is 6.74. The zero-order valence-electron chi connectivity index (χ0n) is 24.8. The monoisotopic (exact) mass is 558 g/mol.